The third-order valence-electron chi connectivity index (χ3n) is 2.57. The van der Waals surface area contributed by atoms with E-state index in [0.717, 1.165) is 5.69 Å². The van der Waals surface area contributed by atoms with Gasteiger partial charge in [0.25, 0.3) is 10.0 Å². The molecular formula is C12H14N2O4S2. The second-order valence-electron chi connectivity index (χ2n) is 4.03. The lowest BCUT2D eigenvalue weighted by molar-refractivity contribution is 0.273. The van der Waals surface area contributed by atoms with Gasteiger partial charge in [0.1, 0.15) is 5.75 Å². The summed E-state index contributed by atoms with van der Waals surface area (Å²) in [5.74, 6) is 0.441. The first-order valence-corrected chi connectivity index (χ1v) is 8.05. The van der Waals surface area contributed by atoms with E-state index in [1.54, 1.807) is 12.3 Å². The molecule has 1 heterocycles. The van der Waals surface area contributed by atoms with Crippen molar-refractivity contribution in [3.05, 3.63) is 34.8 Å². The molecule has 2 aromatic rings. The number of aliphatic hydroxyl groups excluding tert-OH is 1. The smallest absolute Gasteiger partial charge is 0.263 e. The summed E-state index contributed by atoms with van der Waals surface area (Å²) >= 11 is 1.21. The number of thiazole rings is 1. The SMILES string of the molecule is COc1ccc(S(=O)(=O)Nc2nc(C)cs2)cc1CO. The molecule has 0 aliphatic carbocycles. The highest BCUT2D eigenvalue weighted by Gasteiger charge is 2.17. The van der Waals surface area contributed by atoms with Crippen molar-refractivity contribution < 1.29 is 18.3 Å². The van der Waals surface area contributed by atoms with Gasteiger partial charge in [-0.15, -0.1) is 11.3 Å². The Balaban J connectivity index is 2.34. The minimum absolute atomic E-state index is 0.0511. The summed E-state index contributed by atoms with van der Waals surface area (Å²) < 4.78 is 31.9. The minimum Gasteiger partial charge on any atom is -0.496 e. The molecule has 0 fully saturated rings. The van der Waals surface area contributed by atoms with Crippen molar-refractivity contribution in [2.75, 3.05) is 11.8 Å². The van der Waals surface area contributed by atoms with E-state index < -0.39 is 10.0 Å². The van der Waals surface area contributed by atoms with Crippen molar-refractivity contribution in [3.63, 3.8) is 0 Å². The molecule has 2 rings (SSSR count). The van der Waals surface area contributed by atoms with E-state index in [-0.39, 0.29) is 11.5 Å². The number of benzene rings is 1. The molecule has 108 valence electrons. The lowest BCUT2D eigenvalue weighted by atomic mass is 10.2. The van der Waals surface area contributed by atoms with Gasteiger partial charge in [-0.3, -0.25) is 4.72 Å². The van der Waals surface area contributed by atoms with Gasteiger partial charge >= 0.3 is 0 Å². The number of nitrogens with zero attached hydrogens (tertiary/aromatic N) is 1. The minimum atomic E-state index is -3.73. The molecule has 6 nitrogen and oxygen atoms in total. The van der Waals surface area contributed by atoms with Crippen molar-refractivity contribution in [3.8, 4) is 5.75 Å². The molecule has 8 heteroatoms. The van der Waals surface area contributed by atoms with Crippen LogP contribution in [0.2, 0.25) is 0 Å². The first-order chi connectivity index (χ1) is 9.46. The maximum absolute atomic E-state index is 12.2. The zero-order valence-corrected chi connectivity index (χ0v) is 12.6. The number of aliphatic hydroxyl groups is 1. The van der Waals surface area contributed by atoms with Crippen LogP contribution < -0.4 is 9.46 Å². The number of nitrogens with one attached hydrogen (secondary N) is 1. The highest BCUT2D eigenvalue weighted by molar-refractivity contribution is 7.93. The standard InChI is InChI=1S/C12H14N2O4S2/c1-8-7-19-12(13-8)14-20(16,17)10-3-4-11(18-2)9(5-10)6-15/h3-5,7,15H,6H2,1-2H3,(H,13,14). The number of rotatable bonds is 5. The van der Waals surface area contributed by atoms with Gasteiger partial charge in [-0.05, 0) is 25.1 Å². The highest BCUT2D eigenvalue weighted by Crippen LogP contribution is 2.25. The van der Waals surface area contributed by atoms with Gasteiger partial charge in [-0.1, -0.05) is 0 Å². The fourth-order valence-corrected chi connectivity index (χ4v) is 3.61. The topological polar surface area (TPSA) is 88.5 Å². The van der Waals surface area contributed by atoms with E-state index in [1.807, 2.05) is 0 Å². The number of aryl methyl sites for hydroxylation is 1. The predicted molar refractivity (Wildman–Crippen MR) is 76.6 cm³/mol. The van der Waals surface area contributed by atoms with Crippen molar-refractivity contribution in [2.24, 2.45) is 0 Å². The predicted octanol–water partition coefficient (Wildman–Crippen LogP) is 1.75. The van der Waals surface area contributed by atoms with Gasteiger partial charge in [-0.2, -0.15) is 0 Å². The van der Waals surface area contributed by atoms with E-state index in [9.17, 15) is 13.5 Å². The van der Waals surface area contributed by atoms with Crippen LogP contribution in [-0.2, 0) is 16.6 Å². The second-order valence-corrected chi connectivity index (χ2v) is 6.57. The van der Waals surface area contributed by atoms with Gasteiger partial charge in [-0.25, -0.2) is 13.4 Å². The summed E-state index contributed by atoms with van der Waals surface area (Å²) in [5, 5.41) is 11.3. The zero-order valence-electron chi connectivity index (χ0n) is 11.0. The summed E-state index contributed by atoms with van der Waals surface area (Å²) in [7, 11) is -2.27. The van der Waals surface area contributed by atoms with Crippen molar-refractivity contribution in [2.45, 2.75) is 18.4 Å². The van der Waals surface area contributed by atoms with Crippen LogP contribution in [0, 0.1) is 6.92 Å². The third kappa shape index (κ3) is 3.09. The molecule has 20 heavy (non-hydrogen) atoms. The van der Waals surface area contributed by atoms with Crippen LogP contribution in [0.5, 0.6) is 5.75 Å². The molecule has 0 saturated carbocycles. The third-order valence-corrected chi connectivity index (χ3v) is 4.91. The number of anilines is 1. The molecule has 0 aliphatic rings. The summed E-state index contributed by atoms with van der Waals surface area (Å²) in [6.45, 7) is 1.48. The number of sulfonamides is 1. The van der Waals surface area contributed by atoms with Gasteiger partial charge in [0, 0.05) is 10.9 Å². The highest BCUT2D eigenvalue weighted by atomic mass is 32.2. The van der Waals surface area contributed by atoms with Crippen LogP contribution in [0.1, 0.15) is 11.3 Å². The molecule has 1 aromatic carbocycles. The first kappa shape index (κ1) is 14.8. The van der Waals surface area contributed by atoms with E-state index in [2.05, 4.69) is 9.71 Å². The summed E-state index contributed by atoms with van der Waals surface area (Å²) in [6, 6.07) is 4.30. The maximum atomic E-state index is 12.2. The zero-order chi connectivity index (χ0) is 14.8. The maximum Gasteiger partial charge on any atom is 0.263 e. The largest absolute Gasteiger partial charge is 0.496 e. The molecule has 0 aliphatic heterocycles. The lowest BCUT2D eigenvalue weighted by Gasteiger charge is -2.09. The molecule has 1 aromatic heterocycles. The van der Waals surface area contributed by atoms with Crippen LogP contribution in [0.15, 0.2) is 28.5 Å². The lowest BCUT2D eigenvalue weighted by Crippen LogP contribution is -2.13. The molecule has 0 spiro atoms. The van der Waals surface area contributed by atoms with E-state index in [1.165, 1.54) is 36.6 Å². The molecule has 0 bridgehead atoms. The average molecular weight is 314 g/mol. The van der Waals surface area contributed by atoms with E-state index in [4.69, 9.17) is 4.74 Å². The van der Waals surface area contributed by atoms with E-state index >= 15 is 0 Å². The number of hydrogen-bond acceptors (Lipinski definition) is 6. The van der Waals surface area contributed by atoms with Crippen LogP contribution in [0.25, 0.3) is 0 Å². The fraction of sp³-hybridized carbons (Fsp3) is 0.250. The van der Waals surface area contributed by atoms with Gasteiger partial charge in [0.2, 0.25) is 0 Å². The van der Waals surface area contributed by atoms with Crippen molar-refractivity contribution in [1.29, 1.82) is 0 Å². The molecule has 0 amide bonds. The number of hydrogen-bond donors (Lipinski definition) is 2. The Hall–Kier alpha value is -1.64. The van der Waals surface area contributed by atoms with Crippen LogP contribution in [0.4, 0.5) is 5.13 Å². The Morgan fingerprint density at radius 3 is 2.75 bits per heavy atom. The molecule has 0 atom stereocenters. The first-order valence-electron chi connectivity index (χ1n) is 5.69. The Morgan fingerprint density at radius 2 is 2.20 bits per heavy atom. The molecular weight excluding hydrogens is 300 g/mol. The van der Waals surface area contributed by atoms with Gasteiger partial charge in [0.15, 0.2) is 5.13 Å². The second kappa shape index (κ2) is 5.78. The molecule has 0 radical (unpaired) electrons. The van der Waals surface area contributed by atoms with Crippen LogP contribution in [-0.4, -0.2) is 25.6 Å². The Labute approximate surface area is 121 Å². The molecule has 0 unspecified atom stereocenters. The van der Waals surface area contributed by atoms with Gasteiger partial charge in [0.05, 0.1) is 24.3 Å². The van der Waals surface area contributed by atoms with Crippen LogP contribution in [0.3, 0.4) is 0 Å². The molecule has 0 saturated heterocycles. The number of aromatic nitrogens is 1. The number of methoxy groups -OCH3 is 1. The summed E-state index contributed by atoms with van der Waals surface area (Å²) in [5.41, 5.74) is 1.16. The normalized spacial score (nSPS) is 11.3. The monoisotopic (exact) mass is 314 g/mol. The fourth-order valence-electron chi connectivity index (χ4n) is 1.62. The molecule has 2 N–H and O–H groups in total. The summed E-state index contributed by atoms with van der Waals surface area (Å²) in [4.78, 5) is 4.10. The Bertz CT molecular complexity index is 710. The van der Waals surface area contributed by atoms with Crippen LogP contribution >= 0.6 is 11.3 Å². The number of ether oxygens (including phenoxy) is 1. The quantitative estimate of drug-likeness (QED) is 0.878. The Morgan fingerprint density at radius 1 is 1.45 bits per heavy atom. The van der Waals surface area contributed by atoms with Gasteiger partial charge < -0.3 is 9.84 Å². The summed E-state index contributed by atoms with van der Waals surface area (Å²) in [6.07, 6.45) is 0. The Kier molecular flexibility index (Phi) is 4.26. The van der Waals surface area contributed by atoms with Crippen molar-refractivity contribution in [1.82, 2.24) is 4.98 Å². The van der Waals surface area contributed by atoms with Crippen molar-refractivity contribution >= 4 is 26.5 Å². The average Bonchev–Trinajstić information content (AvgIpc) is 2.82. The van der Waals surface area contributed by atoms with E-state index in [0.29, 0.717) is 16.4 Å².